The van der Waals surface area contributed by atoms with Gasteiger partial charge in [-0.25, -0.2) is 0 Å². The van der Waals surface area contributed by atoms with E-state index in [0.717, 1.165) is 33.5 Å². The first-order valence-corrected chi connectivity index (χ1v) is 12.4. The van der Waals surface area contributed by atoms with Crippen molar-refractivity contribution in [1.29, 1.82) is 0 Å². The number of rotatable bonds is 6. The van der Waals surface area contributed by atoms with Crippen LogP contribution >= 0.6 is 11.3 Å². The summed E-state index contributed by atoms with van der Waals surface area (Å²) in [6.45, 7) is 0.976. The van der Waals surface area contributed by atoms with Crippen molar-refractivity contribution in [3.63, 3.8) is 0 Å². The van der Waals surface area contributed by atoms with Gasteiger partial charge in [0.05, 0.1) is 11.0 Å². The van der Waals surface area contributed by atoms with Gasteiger partial charge in [0.15, 0.2) is 0 Å². The molecule has 3 heterocycles. The van der Waals surface area contributed by atoms with Crippen LogP contribution in [0.15, 0.2) is 72.2 Å². The van der Waals surface area contributed by atoms with Crippen molar-refractivity contribution in [1.82, 2.24) is 10.3 Å². The van der Waals surface area contributed by atoms with Crippen molar-refractivity contribution in [2.45, 2.75) is 30.4 Å². The largest absolute Gasteiger partial charge is 0.416 e. The summed E-state index contributed by atoms with van der Waals surface area (Å²) in [5, 5.41) is 6.19. The molecule has 1 fully saturated rings. The van der Waals surface area contributed by atoms with E-state index < -0.39 is 17.2 Å². The van der Waals surface area contributed by atoms with Gasteiger partial charge < -0.3 is 15.0 Å². The Labute approximate surface area is 205 Å². The number of alkyl halides is 3. The lowest BCUT2D eigenvalue weighted by Gasteiger charge is -2.37. The summed E-state index contributed by atoms with van der Waals surface area (Å²) >= 11 is 1.62. The molecule has 0 aliphatic carbocycles. The number of thiophene rings is 1. The quantitative estimate of drug-likeness (QED) is 0.330. The second kappa shape index (κ2) is 9.51. The highest BCUT2D eigenvalue weighted by molar-refractivity contribution is 7.10. The zero-order chi connectivity index (χ0) is 24.5. The molecule has 0 bridgehead atoms. The lowest BCUT2D eigenvalue weighted by atomic mass is 9.73. The molecule has 2 N–H and O–H groups in total. The van der Waals surface area contributed by atoms with Gasteiger partial charge in [-0.15, -0.1) is 11.3 Å². The molecule has 1 amide bonds. The minimum absolute atomic E-state index is 0.0894. The van der Waals surface area contributed by atoms with E-state index in [4.69, 9.17) is 4.74 Å². The van der Waals surface area contributed by atoms with E-state index in [9.17, 15) is 18.0 Å². The molecule has 5 rings (SSSR count). The third kappa shape index (κ3) is 4.60. The van der Waals surface area contributed by atoms with Gasteiger partial charge >= 0.3 is 6.18 Å². The number of hydrogen-bond donors (Lipinski definition) is 2. The molecule has 8 heteroatoms. The fraction of sp³-hybridized carbons (Fsp3) is 0.296. The standard InChI is InChI=1S/C27H25F3N2O2S/c28-27(29,30)19-6-3-5-18(15-19)26(10-12-34-13-11-26)25(33)32-17-22(24-9-4-14-35-24)21-16-31-23-8-2-1-7-20(21)23/h1-9,14-16,22,31H,10-13,17H2,(H,32,33). The van der Waals surface area contributed by atoms with Crippen LogP contribution in [0.3, 0.4) is 0 Å². The predicted molar refractivity (Wildman–Crippen MR) is 131 cm³/mol. The first-order chi connectivity index (χ1) is 16.9. The molecule has 0 radical (unpaired) electrons. The lowest BCUT2D eigenvalue weighted by molar-refractivity contribution is -0.138. The molecular weight excluding hydrogens is 473 g/mol. The highest BCUT2D eigenvalue weighted by Gasteiger charge is 2.43. The molecule has 2 aromatic carbocycles. The number of H-pyrrole nitrogens is 1. The Morgan fingerprint density at radius 1 is 1.09 bits per heavy atom. The van der Waals surface area contributed by atoms with Gasteiger partial charge in [0.2, 0.25) is 5.91 Å². The molecular formula is C27H25F3N2O2S. The fourth-order valence-electron chi connectivity index (χ4n) is 4.96. The smallest absolute Gasteiger partial charge is 0.381 e. The van der Waals surface area contributed by atoms with Crippen LogP contribution in [0.4, 0.5) is 13.2 Å². The zero-order valence-electron chi connectivity index (χ0n) is 18.9. The first kappa shape index (κ1) is 23.6. The van der Waals surface area contributed by atoms with Gasteiger partial charge in [-0.05, 0) is 47.5 Å². The maximum atomic E-state index is 13.7. The molecule has 0 saturated carbocycles. The third-order valence-corrected chi connectivity index (χ3v) is 7.86. The Hall–Kier alpha value is -3.10. The van der Waals surface area contributed by atoms with Gasteiger partial charge in [-0.3, -0.25) is 4.79 Å². The van der Waals surface area contributed by atoms with Crippen molar-refractivity contribution in [2.24, 2.45) is 0 Å². The minimum Gasteiger partial charge on any atom is -0.381 e. The predicted octanol–water partition coefficient (Wildman–Crippen LogP) is 6.24. The zero-order valence-corrected chi connectivity index (χ0v) is 19.7. The number of ether oxygens (including phenoxy) is 1. The van der Waals surface area contributed by atoms with E-state index in [1.165, 1.54) is 6.07 Å². The van der Waals surface area contributed by atoms with Crippen molar-refractivity contribution < 1.29 is 22.7 Å². The summed E-state index contributed by atoms with van der Waals surface area (Å²) in [6, 6.07) is 17.2. The number of aromatic nitrogens is 1. The van der Waals surface area contributed by atoms with Crippen LogP contribution in [0.25, 0.3) is 10.9 Å². The molecule has 4 aromatic rings. The molecule has 4 nitrogen and oxygen atoms in total. The lowest BCUT2D eigenvalue weighted by Crippen LogP contribution is -2.49. The topological polar surface area (TPSA) is 54.1 Å². The molecule has 1 aliphatic heterocycles. The number of fused-ring (bicyclic) bond motifs is 1. The second-order valence-electron chi connectivity index (χ2n) is 8.84. The summed E-state index contributed by atoms with van der Waals surface area (Å²) < 4.78 is 45.8. The average Bonchev–Trinajstić information content (AvgIpc) is 3.55. The Balaban J connectivity index is 1.46. The third-order valence-electron chi connectivity index (χ3n) is 6.87. The van der Waals surface area contributed by atoms with Gasteiger partial charge in [-0.1, -0.05) is 42.5 Å². The normalized spacial score (nSPS) is 16.8. The number of hydrogen-bond acceptors (Lipinski definition) is 3. The number of benzene rings is 2. The maximum absolute atomic E-state index is 13.7. The molecule has 1 saturated heterocycles. The van der Waals surface area contributed by atoms with Crippen LogP contribution in [-0.4, -0.2) is 30.6 Å². The summed E-state index contributed by atoms with van der Waals surface area (Å²) in [5.74, 6) is -0.352. The van der Waals surface area contributed by atoms with E-state index in [-0.39, 0.29) is 11.8 Å². The van der Waals surface area contributed by atoms with Crippen LogP contribution in [0.5, 0.6) is 0 Å². The number of aromatic amines is 1. The Bertz CT molecular complexity index is 1310. The van der Waals surface area contributed by atoms with Crippen molar-refractivity contribution in [2.75, 3.05) is 19.8 Å². The number of nitrogens with one attached hydrogen (secondary N) is 2. The molecule has 182 valence electrons. The Morgan fingerprint density at radius 2 is 1.89 bits per heavy atom. The average molecular weight is 499 g/mol. The summed E-state index contributed by atoms with van der Waals surface area (Å²) in [5.41, 5.74) is 0.653. The van der Waals surface area contributed by atoms with E-state index >= 15 is 0 Å². The van der Waals surface area contributed by atoms with Gasteiger partial charge in [0.1, 0.15) is 0 Å². The van der Waals surface area contributed by atoms with Crippen molar-refractivity contribution in [3.8, 4) is 0 Å². The molecule has 1 aliphatic rings. The van der Waals surface area contributed by atoms with Gasteiger partial charge in [-0.2, -0.15) is 13.2 Å². The Kier molecular flexibility index (Phi) is 6.42. The molecule has 35 heavy (non-hydrogen) atoms. The van der Waals surface area contributed by atoms with Crippen LogP contribution in [-0.2, 0) is 21.1 Å². The monoisotopic (exact) mass is 498 g/mol. The highest BCUT2D eigenvalue weighted by Crippen LogP contribution is 2.39. The van der Waals surface area contributed by atoms with E-state index in [0.29, 0.717) is 38.2 Å². The highest BCUT2D eigenvalue weighted by atomic mass is 32.1. The van der Waals surface area contributed by atoms with Gasteiger partial charge in [0.25, 0.3) is 0 Å². The van der Waals surface area contributed by atoms with Crippen LogP contribution in [0, 0.1) is 0 Å². The first-order valence-electron chi connectivity index (χ1n) is 11.5. The SMILES string of the molecule is O=C(NCC(c1cccs1)c1c[nH]c2ccccc12)C1(c2cccc(C(F)(F)F)c2)CCOCC1. The number of carbonyl (C=O) groups excluding carboxylic acids is 1. The van der Waals surface area contributed by atoms with E-state index in [1.807, 2.05) is 48.0 Å². The number of carbonyl (C=O) groups is 1. The molecule has 1 atom stereocenters. The summed E-state index contributed by atoms with van der Waals surface area (Å²) in [6.07, 6.45) is -1.84. The number of halogens is 3. The van der Waals surface area contributed by atoms with Crippen LogP contribution in [0.2, 0.25) is 0 Å². The minimum atomic E-state index is -4.47. The van der Waals surface area contributed by atoms with Crippen LogP contribution < -0.4 is 5.32 Å². The summed E-state index contributed by atoms with van der Waals surface area (Å²) in [4.78, 5) is 18.1. The van der Waals surface area contributed by atoms with E-state index in [2.05, 4.69) is 10.3 Å². The molecule has 0 spiro atoms. The van der Waals surface area contributed by atoms with Gasteiger partial charge in [0, 0.05) is 47.7 Å². The van der Waals surface area contributed by atoms with Crippen LogP contribution in [0.1, 0.15) is 40.3 Å². The summed E-state index contributed by atoms with van der Waals surface area (Å²) in [7, 11) is 0. The Morgan fingerprint density at radius 3 is 2.63 bits per heavy atom. The van der Waals surface area contributed by atoms with Crippen molar-refractivity contribution in [3.05, 3.63) is 93.8 Å². The fourth-order valence-corrected chi connectivity index (χ4v) is 5.81. The van der Waals surface area contributed by atoms with Crippen molar-refractivity contribution >= 4 is 28.1 Å². The van der Waals surface area contributed by atoms with E-state index in [1.54, 1.807) is 17.4 Å². The molecule has 2 aromatic heterocycles. The number of para-hydroxylation sites is 1. The number of amides is 1. The maximum Gasteiger partial charge on any atom is 0.416 e. The molecule has 1 unspecified atom stereocenters. The second-order valence-corrected chi connectivity index (χ2v) is 9.82.